The molecule has 0 unspecified atom stereocenters. The van der Waals surface area contributed by atoms with Gasteiger partial charge >= 0.3 is 0 Å². The van der Waals surface area contributed by atoms with Crippen LogP contribution in [0.5, 0.6) is 0 Å². The summed E-state index contributed by atoms with van der Waals surface area (Å²) in [6, 6.07) is 7.64. The number of nitrogens with zero attached hydrogens (tertiary/aromatic N) is 2. The van der Waals surface area contributed by atoms with Crippen molar-refractivity contribution in [2.24, 2.45) is 0 Å². The minimum absolute atomic E-state index is 0.0421. The van der Waals surface area contributed by atoms with Crippen LogP contribution in [0.25, 0.3) is 0 Å². The van der Waals surface area contributed by atoms with E-state index in [2.05, 4.69) is 15.9 Å². The normalized spacial score (nSPS) is 17.2. The highest BCUT2D eigenvalue weighted by molar-refractivity contribution is 9.10. The van der Waals surface area contributed by atoms with E-state index in [1.54, 1.807) is 4.90 Å². The van der Waals surface area contributed by atoms with Gasteiger partial charge in [-0.1, -0.05) is 28.1 Å². The summed E-state index contributed by atoms with van der Waals surface area (Å²) in [5.74, 6) is 0.0421. The zero-order valence-electron chi connectivity index (χ0n) is 11.3. The van der Waals surface area contributed by atoms with E-state index in [1.165, 1.54) is 10.6 Å². The minimum Gasteiger partial charge on any atom is -0.340 e. The van der Waals surface area contributed by atoms with Crippen molar-refractivity contribution >= 4 is 31.9 Å². The lowest BCUT2D eigenvalue weighted by atomic mass is 10.1. The molecule has 0 saturated carbocycles. The van der Waals surface area contributed by atoms with E-state index in [-0.39, 0.29) is 5.91 Å². The molecular weight excluding hydrogens is 344 g/mol. The molecule has 0 atom stereocenters. The number of carbonyl (C=O) groups excluding carboxylic acids is 1. The highest BCUT2D eigenvalue weighted by atomic mass is 79.9. The first kappa shape index (κ1) is 15.5. The Morgan fingerprint density at radius 3 is 2.20 bits per heavy atom. The molecule has 1 aliphatic heterocycles. The van der Waals surface area contributed by atoms with Crippen LogP contribution in [0, 0.1) is 0 Å². The Kier molecular flexibility index (Phi) is 4.82. The smallest absolute Gasteiger partial charge is 0.227 e. The molecule has 5 nitrogen and oxygen atoms in total. The fourth-order valence-corrected chi connectivity index (χ4v) is 3.25. The van der Waals surface area contributed by atoms with Crippen LogP contribution in [0.1, 0.15) is 5.56 Å². The standard InChI is InChI=1S/C13H17BrN2O3S/c1-20(18,19)16-8-6-15(7-9-16)13(17)10-11-2-4-12(14)5-3-11/h2-5H,6-10H2,1H3. The van der Waals surface area contributed by atoms with Crippen LogP contribution in [0.3, 0.4) is 0 Å². The second kappa shape index (κ2) is 6.24. The molecule has 0 bridgehead atoms. The Morgan fingerprint density at radius 1 is 1.15 bits per heavy atom. The zero-order valence-corrected chi connectivity index (χ0v) is 13.7. The molecule has 0 spiro atoms. The number of amides is 1. The maximum atomic E-state index is 12.2. The van der Waals surface area contributed by atoms with Gasteiger partial charge in [0.1, 0.15) is 0 Å². The minimum atomic E-state index is -3.15. The van der Waals surface area contributed by atoms with Crippen LogP contribution >= 0.6 is 15.9 Å². The fourth-order valence-electron chi connectivity index (χ4n) is 2.16. The lowest BCUT2D eigenvalue weighted by Crippen LogP contribution is -2.50. The van der Waals surface area contributed by atoms with E-state index in [9.17, 15) is 13.2 Å². The predicted molar refractivity (Wildman–Crippen MR) is 80.8 cm³/mol. The number of benzene rings is 1. The summed E-state index contributed by atoms with van der Waals surface area (Å²) < 4.78 is 25.2. The molecule has 0 aliphatic carbocycles. The monoisotopic (exact) mass is 360 g/mol. The van der Waals surface area contributed by atoms with Crippen LogP contribution < -0.4 is 0 Å². The van der Waals surface area contributed by atoms with Gasteiger partial charge < -0.3 is 4.90 Å². The van der Waals surface area contributed by atoms with E-state index in [4.69, 9.17) is 0 Å². The van der Waals surface area contributed by atoms with Crippen LogP contribution in [0.15, 0.2) is 28.7 Å². The number of hydrogen-bond acceptors (Lipinski definition) is 3. The van der Waals surface area contributed by atoms with Crippen LogP contribution in [0.2, 0.25) is 0 Å². The van der Waals surface area contributed by atoms with Gasteiger partial charge in [-0.05, 0) is 17.7 Å². The maximum absolute atomic E-state index is 12.2. The first-order valence-electron chi connectivity index (χ1n) is 6.33. The first-order valence-corrected chi connectivity index (χ1v) is 8.98. The third-order valence-corrected chi connectivity index (χ3v) is 5.16. The van der Waals surface area contributed by atoms with Crippen molar-refractivity contribution in [3.8, 4) is 0 Å². The van der Waals surface area contributed by atoms with Crippen molar-refractivity contribution in [1.29, 1.82) is 0 Å². The van der Waals surface area contributed by atoms with Gasteiger partial charge in [-0.25, -0.2) is 8.42 Å². The highest BCUT2D eigenvalue weighted by Crippen LogP contribution is 2.13. The van der Waals surface area contributed by atoms with Gasteiger partial charge in [0.2, 0.25) is 15.9 Å². The van der Waals surface area contributed by atoms with E-state index in [0.29, 0.717) is 32.6 Å². The van der Waals surface area contributed by atoms with Gasteiger partial charge in [0.15, 0.2) is 0 Å². The third-order valence-electron chi connectivity index (χ3n) is 3.33. The third kappa shape index (κ3) is 4.04. The summed E-state index contributed by atoms with van der Waals surface area (Å²) >= 11 is 3.36. The van der Waals surface area contributed by atoms with E-state index in [0.717, 1.165) is 10.0 Å². The predicted octanol–water partition coefficient (Wildman–Crippen LogP) is 1.10. The van der Waals surface area contributed by atoms with Crippen molar-refractivity contribution in [3.05, 3.63) is 34.3 Å². The Bertz CT molecular complexity index is 578. The Labute approximate surface area is 127 Å². The van der Waals surface area contributed by atoms with Crippen molar-refractivity contribution < 1.29 is 13.2 Å². The molecule has 0 radical (unpaired) electrons. The summed E-state index contributed by atoms with van der Waals surface area (Å²) in [7, 11) is -3.15. The maximum Gasteiger partial charge on any atom is 0.227 e. The van der Waals surface area contributed by atoms with Crippen LogP contribution in [-0.4, -0.2) is 56.0 Å². The SMILES string of the molecule is CS(=O)(=O)N1CCN(C(=O)Cc2ccc(Br)cc2)CC1. The molecule has 0 aromatic heterocycles. The number of carbonyl (C=O) groups is 1. The van der Waals surface area contributed by atoms with Crippen LogP contribution in [0.4, 0.5) is 0 Å². The molecule has 7 heteroatoms. The topological polar surface area (TPSA) is 57.7 Å². The van der Waals surface area contributed by atoms with Crippen molar-refractivity contribution in [1.82, 2.24) is 9.21 Å². The molecule has 110 valence electrons. The summed E-state index contributed by atoms with van der Waals surface area (Å²) in [4.78, 5) is 13.9. The van der Waals surface area contributed by atoms with Gasteiger partial charge in [-0.2, -0.15) is 4.31 Å². The Balaban J connectivity index is 1.90. The molecule has 20 heavy (non-hydrogen) atoms. The molecule has 2 rings (SSSR count). The Hall–Kier alpha value is -0.920. The summed E-state index contributed by atoms with van der Waals surface area (Å²) in [6.45, 7) is 1.68. The van der Waals surface area contributed by atoms with Gasteiger partial charge in [0.05, 0.1) is 12.7 Å². The van der Waals surface area contributed by atoms with Crippen molar-refractivity contribution in [2.75, 3.05) is 32.4 Å². The first-order chi connectivity index (χ1) is 9.36. The largest absolute Gasteiger partial charge is 0.340 e. The highest BCUT2D eigenvalue weighted by Gasteiger charge is 2.25. The zero-order chi connectivity index (χ0) is 14.8. The summed E-state index contributed by atoms with van der Waals surface area (Å²) in [5.41, 5.74) is 0.962. The van der Waals surface area contributed by atoms with Crippen molar-refractivity contribution in [3.63, 3.8) is 0 Å². The molecule has 1 fully saturated rings. The number of piperazine rings is 1. The molecule has 1 aromatic carbocycles. The number of rotatable bonds is 3. The molecule has 1 amide bonds. The molecule has 1 aliphatic rings. The number of halogens is 1. The van der Waals surface area contributed by atoms with Crippen LogP contribution in [-0.2, 0) is 21.2 Å². The number of sulfonamides is 1. The molecule has 1 heterocycles. The van der Waals surface area contributed by atoms with E-state index < -0.39 is 10.0 Å². The van der Waals surface area contributed by atoms with E-state index >= 15 is 0 Å². The Morgan fingerprint density at radius 2 is 1.70 bits per heavy atom. The van der Waals surface area contributed by atoms with Crippen molar-refractivity contribution in [2.45, 2.75) is 6.42 Å². The molecule has 1 aromatic rings. The second-order valence-corrected chi connectivity index (χ2v) is 7.74. The number of hydrogen-bond donors (Lipinski definition) is 0. The molecule has 1 saturated heterocycles. The fraction of sp³-hybridized carbons (Fsp3) is 0.462. The quantitative estimate of drug-likeness (QED) is 0.810. The molecule has 0 N–H and O–H groups in total. The lowest BCUT2D eigenvalue weighted by Gasteiger charge is -2.33. The van der Waals surface area contributed by atoms with Gasteiger partial charge in [0.25, 0.3) is 0 Å². The second-order valence-electron chi connectivity index (χ2n) is 4.85. The average molecular weight is 361 g/mol. The summed E-state index contributed by atoms with van der Waals surface area (Å²) in [6.07, 6.45) is 1.55. The average Bonchev–Trinajstić information content (AvgIpc) is 2.40. The van der Waals surface area contributed by atoms with Gasteiger partial charge in [-0.15, -0.1) is 0 Å². The van der Waals surface area contributed by atoms with E-state index in [1.807, 2.05) is 24.3 Å². The van der Waals surface area contributed by atoms with Gasteiger partial charge in [0, 0.05) is 30.7 Å². The van der Waals surface area contributed by atoms with Gasteiger partial charge in [-0.3, -0.25) is 4.79 Å². The lowest BCUT2D eigenvalue weighted by molar-refractivity contribution is -0.131. The molecular formula is C13H17BrN2O3S. The summed E-state index contributed by atoms with van der Waals surface area (Å²) in [5, 5.41) is 0.